The lowest BCUT2D eigenvalue weighted by atomic mass is 10.2. The van der Waals surface area contributed by atoms with Crippen molar-refractivity contribution in [2.75, 3.05) is 18.0 Å². The molecule has 0 spiro atoms. The number of hydrogen-bond donors (Lipinski definition) is 0. The fourth-order valence-corrected chi connectivity index (χ4v) is 3.09. The van der Waals surface area contributed by atoms with Crippen molar-refractivity contribution in [3.05, 3.63) is 47.5 Å². The molecular formula is C15H14BrN5. The highest BCUT2D eigenvalue weighted by Gasteiger charge is 2.26. The molecule has 0 saturated carbocycles. The summed E-state index contributed by atoms with van der Waals surface area (Å²) in [5, 5.41) is 0. The molecule has 1 fully saturated rings. The van der Waals surface area contributed by atoms with Gasteiger partial charge >= 0.3 is 0 Å². The number of para-hydroxylation sites is 2. The maximum Gasteiger partial charge on any atom is 0.225 e. The molecule has 21 heavy (non-hydrogen) atoms. The summed E-state index contributed by atoms with van der Waals surface area (Å²) in [5.74, 6) is 0.796. The predicted molar refractivity (Wildman–Crippen MR) is 85.3 cm³/mol. The van der Waals surface area contributed by atoms with Crippen LogP contribution < -0.4 is 4.90 Å². The molecule has 0 bridgehead atoms. The second-order valence-electron chi connectivity index (χ2n) is 5.23. The number of fused-ring (bicyclic) bond motifs is 1. The van der Waals surface area contributed by atoms with Crippen molar-refractivity contribution in [1.29, 1.82) is 0 Å². The van der Waals surface area contributed by atoms with E-state index in [1.807, 2.05) is 12.4 Å². The Morgan fingerprint density at radius 2 is 1.90 bits per heavy atom. The van der Waals surface area contributed by atoms with Gasteiger partial charge in [0.2, 0.25) is 5.95 Å². The summed E-state index contributed by atoms with van der Waals surface area (Å²) < 4.78 is 3.18. The third-order valence-electron chi connectivity index (χ3n) is 3.93. The lowest BCUT2D eigenvalue weighted by Gasteiger charge is -2.17. The molecule has 2 aromatic heterocycles. The van der Waals surface area contributed by atoms with Crippen LogP contribution in [0, 0.1) is 0 Å². The van der Waals surface area contributed by atoms with E-state index in [0.29, 0.717) is 6.04 Å². The first-order valence-corrected chi connectivity index (χ1v) is 7.74. The van der Waals surface area contributed by atoms with Crippen LogP contribution in [-0.2, 0) is 0 Å². The average Bonchev–Trinajstić information content (AvgIpc) is 3.14. The molecule has 0 aliphatic carbocycles. The van der Waals surface area contributed by atoms with Crippen molar-refractivity contribution in [2.45, 2.75) is 12.5 Å². The SMILES string of the molecule is Brc1cnc(N2CCC(n3cnc4ccccc43)C2)nc1. The Kier molecular flexibility index (Phi) is 3.11. The highest BCUT2D eigenvalue weighted by atomic mass is 79.9. The van der Waals surface area contributed by atoms with E-state index >= 15 is 0 Å². The molecule has 4 rings (SSSR count). The number of imidazole rings is 1. The number of hydrogen-bond acceptors (Lipinski definition) is 4. The Balaban J connectivity index is 1.60. The normalized spacial score (nSPS) is 18.5. The van der Waals surface area contributed by atoms with Gasteiger partial charge in [-0.05, 0) is 34.5 Å². The first-order valence-electron chi connectivity index (χ1n) is 6.95. The van der Waals surface area contributed by atoms with Crippen molar-refractivity contribution < 1.29 is 0 Å². The minimum absolute atomic E-state index is 0.421. The molecule has 1 aliphatic heterocycles. The number of rotatable bonds is 2. The lowest BCUT2D eigenvalue weighted by Crippen LogP contribution is -2.22. The third-order valence-corrected chi connectivity index (χ3v) is 4.34. The molecule has 3 heterocycles. The van der Waals surface area contributed by atoms with Crippen molar-refractivity contribution >= 4 is 32.9 Å². The summed E-state index contributed by atoms with van der Waals surface area (Å²) in [4.78, 5) is 15.5. The number of aromatic nitrogens is 4. The van der Waals surface area contributed by atoms with Crippen molar-refractivity contribution in [1.82, 2.24) is 19.5 Å². The molecule has 6 heteroatoms. The van der Waals surface area contributed by atoms with Gasteiger partial charge in [-0.2, -0.15) is 0 Å². The molecule has 1 aliphatic rings. The minimum Gasteiger partial charge on any atom is -0.339 e. The van der Waals surface area contributed by atoms with Gasteiger partial charge in [-0.25, -0.2) is 15.0 Å². The topological polar surface area (TPSA) is 46.8 Å². The van der Waals surface area contributed by atoms with Crippen LogP contribution in [0.25, 0.3) is 11.0 Å². The van der Waals surface area contributed by atoms with E-state index in [0.717, 1.165) is 35.4 Å². The molecule has 1 saturated heterocycles. The van der Waals surface area contributed by atoms with Gasteiger partial charge in [-0.1, -0.05) is 12.1 Å². The number of halogens is 1. The molecule has 0 amide bonds. The van der Waals surface area contributed by atoms with Gasteiger partial charge in [0.1, 0.15) is 0 Å². The highest BCUT2D eigenvalue weighted by Crippen LogP contribution is 2.27. The third kappa shape index (κ3) is 2.29. The standard InChI is InChI=1S/C15H14BrN5/c16-11-7-17-15(18-8-11)20-6-5-12(9-20)21-10-19-13-3-1-2-4-14(13)21/h1-4,7-8,10,12H,5-6,9H2. The van der Waals surface area contributed by atoms with E-state index in [1.165, 1.54) is 5.52 Å². The maximum absolute atomic E-state index is 4.48. The first kappa shape index (κ1) is 12.8. The minimum atomic E-state index is 0.421. The molecule has 0 N–H and O–H groups in total. The second kappa shape index (κ2) is 5.11. The van der Waals surface area contributed by atoms with Crippen LogP contribution in [0.5, 0.6) is 0 Å². The van der Waals surface area contributed by atoms with Crippen LogP contribution in [0.2, 0.25) is 0 Å². The zero-order chi connectivity index (χ0) is 14.2. The molecule has 3 aromatic rings. The van der Waals surface area contributed by atoms with Crippen molar-refractivity contribution in [3.63, 3.8) is 0 Å². The molecule has 5 nitrogen and oxygen atoms in total. The molecule has 1 atom stereocenters. The van der Waals surface area contributed by atoms with Gasteiger partial charge in [0.05, 0.1) is 27.9 Å². The van der Waals surface area contributed by atoms with E-state index < -0.39 is 0 Å². The summed E-state index contributed by atoms with van der Waals surface area (Å²) in [6, 6.07) is 8.68. The molecule has 1 aromatic carbocycles. The zero-order valence-electron chi connectivity index (χ0n) is 11.4. The molecule has 0 radical (unpaired) electrons. The second-order valence-corrected chi connectivity index (χ2v) is 6.15. The maximum atomic E-state index is 4.48. The van der Waals surface area contributed by atoms with Gasteiger partial charge in [0.15, 0.2) is 0 Å². The zero-order valence-corrected chi connectivity index (χ0v) is 12.9. The van der Waals surface area contributed by atoms with Gasteiger partial charge in [-0.15, -0.1) is 0 Å². The lowest BCUT2D eigenvalue weighted by molar-refractivity contribution is 0.566. The highest BCUT2D eigenvalue weighted by molar-refractivity contribution is 9.10. The van der Waals surface area contributed by atoms with Crippen molar-refractivity contribution in [3.8, 4) is 0 Å². The van der Waals surface area contributed by atoms with Gasteiger partial charge in [0, 0.05) is 25.5 Å². The molecular weight excluding hydrogens is 330 g/mol. The van der Waals surface area contributed by atoms with Gasteiger partial charge < -0.3 is 9.47 Å². The van der Waals surface area contributed by atoms with Crippen LogP contribution >= 0.6 is 15.9 Å². The van der Waals surface area contributed by atoms with E-state index in [9.17, 15) is 0 Å². The van der Waals surface area contributed by atoms with Gasteiger partial charge in [-0.3, -0.25) is 0 Å². The summed E-state index contributed by atoms with van der Waals surface area (Å²) in [7, 11) is 0. The van der Waals surface area contributed by atoms with Crippen LogP contribution in [0.3, 0.4) is 0 Å². The summed E-state index contributed by atoms with van der Waals surface area (Å²) in [6.07, 6.45) is 6.62. The summed E-state index contributed by atoms with van der Waals surface area (Å²) in [6.45, 7) is 1.89. The predicted octanol–water partition coefficient (Wildman–Crippen LogP) is 3.04. The fourth-order valence-electron chi connectivity index (χ4n) is 2.89. The van der Waals surface area contributed by atoms with Crippen LogP contribution in [0.1, 0.15) is 12.5 Å². The number of benzene rings is 1. The van der Waals surface area contributed by atoms with E-state index in [1.54, 1.807) is 12.4 Å². The monoisotopic (exact) mass is 343 g/mol. The quantitative estimate of drug-likeness (QED) is 0.717. The number of anilines is 1. The molecule has 106 valence electrons. The Labute approximate surface area is 130 Å². The van der Waals surface area contributed by atoms with E-state index in [2.05, 4.69) is 58.5 Å². The Bertz CT molecular complexity index is 767. The fraction of sp³-hybridized carbons (Fsp3) is 0.267. The van der Waals surface area contributed by atoms with Crippen molar-refractivity contribution in [2.24, 2.45) is 0 Å². The average molecular weight is 344 g/mol. The van der Waals surface area contributed by atoms with Crippen LogP contribution in [0.4, 0.5) is 5.95 Å². The summed E-state index contributed by atoms with van der Waals surface area (Å²) >= 11 is 3.37. The van der Waals surface area contributed by atoms with Crippen LogP contribution in [0.15, 0.2) is 47.5 Å². The largest absolute Gasteiger partial charge is 0.339 e. The molecule has 1 unspecified atom stereocenters. The van der Waals surface area contributed by atoms with E-state index in [4.69, 9.17) is 0 Å². The van der Waals surface area contributed by atoms with Crippen LogP contribution in [-0.4, -0.2) is 32.6 Å². The van der Waals surface area contributed by atoms with E-state index in [-0.39, 0.29) is 0 Å². The smallest absolute Gasteiger partial charge is 0.225 e. The van der Waals surface area contributed by atoms with Gasteiger partial charge in [0.25, 0.3) is 0 Å². The number of nitrogens with zero attached hydrogens (tertiary/aromatic N) is 5. The first-order chi connectivity index (χ1) is 10.3. The summed E-state index contributed by atoms with van der Waals surface area (Å²) in [5.41, 5.74) is 2.25. The Hall–Kier alpha value is -1.95. The Morgan fingerprint density at radius 1 is 1.10 bits per heavy atom. The Morgan fingerprint density at radius 3 is 2.76 bits per heavy atom.